The van der Waals surface area contributed by atoms with Gasteiger partial charge in [-0.2, -0.15) is 0 Å². The summed E-state index contributed by atoms with van der Waals surface area (Å²) in [7, 11) is -0.991. The molecule has 3 nitrogen and oxygen atoms in total. The Hall–Kier alpha value is -2.27. The number of hydrogen-bond donors (Lipinski definition) is 2. The number of benzene rings is 1. The van der Waals surface area contributed by atoms with Crippen LogP contribution in [-0.4, -0.2) is 40.3 Å². The van der Waals surface area contributed by atoms with Crippen molar-refractivity contribution in [3.63, 3.8) is 0 Å². The van der Waals surface area contributed by atoms with Gasteiger partial charge >= 0.3 is 0 Å². The number of halogens is 1. The van der Waals surface area contributed by atoms with Gasteiger partial charge < -0.3 is 10.3 Å². The van der Waals surface area contributed by atoms with Crippen molar-refractivity contribution in [1.29, 1.82) is 0 Å². The van der Waals surface area contributed by atoms with Crippen molar-refractivity contribution in [2.45, 2.75) is 0 Å². The summed E-state index contributed by atoms with van der Waals surface area (Å²) in [4.78, 5) is 7.55. The van der Waals surface area contributed by atoms with Gasteiger partial charge in [0.1, 0.15) is 11.6 Å². The lowest BCUT2D eigenvalue weighted by Crippen LogP contribution is -2.07. The van der Waals surface area contributed by atoms with Crippen LogP contribution < -0.4 is 5.32 Å². The minimum Gasteiger partial charge on any atom is -0.369 e. The summed E-state index contributed by atoms with van der Waals surface area (Å²) in [6, 6.07) is 8.73. The molecule has 0 spiro atoms. The average molecular weight is 329 g/mol. The van der Waals surface area contributed by atoms with Gasteiger partial charge in [0.2, 0.25) is 0 Å². The van der Waals surface area contributed by atoms with E-state index >= 15 is 0 Å². The summed E-state index contributed by atoms with van der Waals surface area (Å²) in [5.41, 5.74) is 2.81. The van der Waals surface area contributed by atoms with Crippen LogP contribution in [0.4, 0.5) is 10.2 Å². The second kappa shape index (κ2) is 6.08. The summed E-state index contributed by atoms with van der Waals surface area (Å²) in [6.45, 7) is 0.817. The highest BCUT2D eigenvalue weighted by Gasteiger charge is 2.07. The fraction of sp³-hybridized carbons (Fsp3) is 0.167. The number of anilines is 1. The predicted octanol–water partition coefficient (Wildman–Crippen LogP) is 4.08. The summed E-state index contributed by atoms with van der Waals surface area (Å²) in [6.07, 6.45) is 5.80. The van der Waals surface area contributed by atoms with Gasteiger partial charge in [0.15, 0.2) is 0 Å². The Morgan fingerprint density at radius 3 is 2.78 bits per heavy atom. The van der Waals surface area contributed by atoms with E-state index in [1.54, 1.807) is 6.07 Å². The predicted molar refractivity (Wildman–Crippen MR) is 103 cm³/mol. The van der Waals surface area contributed by atoms with Gasteiger partial charge in [-0.3, -0.25) is 0 Å². The molecule has 0 aliphatic rings. The summed E-state index contributed by atoms with van der Waals surface area (Å²) in [5, 5.41) is 4.28. The molecule has 2 N–H and O–H groups in total. The molecule has 23 heavy (non-hydrogen) atoms. The highest BCUT2D eigenvalue weighted by molar-refractivity contribution is 8.27. The first kappa shape index (κ1) is 15.6. The molecule has 0 saturated heterocycles. The molecule has 5 heteroatoms. The first-order valence-electron chi connectivity index (χ1n) is 7.31. The Bertz CT molecular complexity index is 925. The van der Waals surface area contributed by atoms with Crippen molar-refractivity contribution < 1.29 is 4.39 Å². The van der Waals surface area contributed by atoms with Gasteiger partial charge in [-0.1, -0.05) is 11.7 Å². The minimum absolute atomic E-state index is 0.242. The monoisotopic (exact) mass is 329 g/mol. The van der Waals surface area contributed by atoms with Crippen LogP contribution >= 0.6 is 9.21 Å². The molecule has 0 amide bonds. The maximum atomic E-state index is 13.3. The fourth-order valence-electron chi connectivity index (χ4n) is 2.42. The van der Waals surface area contributed by atoms with Crippen LogP contribution in [-0.2, 0) is 0 Å². The Balaban J connectivity index is 1.78. The lowest BCUT2D eigenvalue weighted by molar-refractivity contribution is 0.629. The number of nitrogens with zero attached hydrogens (tertiary/aromatic N) is 1. The van der Waals surface area contributed by atoms with Crippen LogP contribution in [0.2, 0.25) is 0 Å². The number of aromatic nitrogens is 2. The molecule has 0 fully saturated rings. The number of hydrogen-bond acceptors (Lipinski definition) is 2. The van der Waals surface area contributed by atoms with E-state index in [1.807, 2.05) is 24.5 Å². The number of fused-ring (bicyclic) bond motifs is 1. The first-order valence-corrected chi connectivity index (χ1v) is 9.86. The van der Waals surface area contributed by atoms with Crippen LogP contribution in [0.1, 0.15) is 0 Å². The molecule has 0 atom stereocenters. The minimum atomic E-state index is -0.991. The van der Waals surface area contributed by atoms with E-state index in [9.17, 15) is 4.39 Å². The molecule has 0 unspecified atom stereocenters. The number of rotatable bonds is 5. The summed E-state index contributed by atoms with van der Waals surface area (Å²) < 4.78 is 13.3. The highest BCUT2D eigenvalue weighted by atomic mass is 32.2. The third kappa shape index (κ3) is 3.74. The van der Waals surface area contributed by atoms with Crippen LogP contribution in [0.3, 0.4) is 0 Å². The van der Waals surface area contributed by atoms with Crippen molar-refractivity contribution >= 4 is 37.7 Å². The number of H-pyrrole nitrogens is 1. The smallest absolute Gasteiger partial charge is 0.125 e. The van der Waals surface area contributed by atoms with E-state index in [-0.39, 0.29) is 5.82 Å². The lowest BCUT2D eigenvalue weighted by atomic mass is 10.1. The molecule has 0 radical (unpaired) electrons. The standard InChI is InChI=1S/C18H20FN3S/c1-23(2,3)9-8-20-18-7-4-13(11-22-18)16-12-21-17-10-14(19)5-6-15(16)17/h4-7,10-12,21H,1-2,8-9H2,3H3,(H,20,22). The zero-order valence-electron chi connectivity index (χ0n) is 13.1. The third-order valence-electron chi connectivity index (χ3n) is 3.62. The van der Waals surface area contributed by atoms with E-state index in [0.29, 0.717) is 0 Å². The van der Waals surface area contributed by atoms with Gasteiger partial charge in [0.05, 0.1) is 0 Å². The second-order valence-electron chi connectivity index (χ2n) is 5.93. The van der Waals surface area contributed by atoms with Crippen LogP contribution in [0.5, 0.6) is 0 Å². The SMILES string of the molecule is C=S(=C)(C)CCNc1ccc(-c2c[nH]c3cc(F)ccc23)cn1. The Morgan fingerprint density at radius 2 is 2.09 bits per heavy atom. The van der Waals surface area contributed by atoms with Gasteiger partial charge in [-0.15, -0.1) is 0 Å². The first-order chi connectivity index (χ1) is 10.9. The van der Waals surface area contributed by atoms with Gasteiger partial charge in [0.25, 0.3) is 0 Å². The molecule has 1 aromatic carbocycles. The maximum Gasteiger partial charge on any atom is 0.125 e. The molecule has 3 aromatic rings. The third-order valence-corrected chi connectivity index (χ3v) is 4.81. The van der Waals surface area contributed by atoms with Gasteiger partial charge in [-0.05, 0) is 36.6 Å². The molecule has 2 aromatic heterocycles. The van der Waals surface area contributed by atoms with Crippen molar-refractivity contribution in [2.75, 3.05) is 23.9 Å². The van der Waals surface area contributed by atoms with E-state index in [0.717, 1.165) is 40.1 Å². The average Bonchev–Trinajstić information content (AvgIpc) is 2.89. The zero-order valence-corrected chi connectivity index (χ0v) is 13.9. The molecule has 0 aliphatic carbocycles. The van der Waals surface area contributed by atoms with Crippen molar-refractivity contribution in [3.8, 4) is 11.1 Å². The largest absolute Gasteiger partial charge is 0.369 e. The lowest BCUT2D eigenvalue weighted by Gasteiger charge is -2.09. The Kier molecular flexibility index (Phi) is 4.13. The molecule has 0 bridgehead atoms. The number of pyridine rings is 1. The highest BCUT2D eigenvalue weighted by Crippen LogP contribution is 2.29. The van der Waals surface area contributed by atoms with E-state index in [4.69, 9.17) is 0 Å². The quantitative estimate of drug-likeness (QED) is 0.693. The van der Waals surface area contributed by atoms with Crippen molar-refractivity contribution in [1.82, 2.24) is 9.97 Å². The normalized spacial score (nSPS) is 11.7. The fourth-order valence-corrected chi connectivity index (χ4v) is 3.02. The van der Waals surface area contributed by atoms with E-state index in [1.165, 1.54) is 12.1 Å². The number of aromatic amines is 1. The molecule has 0 saturated carbocycles. The van der Waals surface area contributed by atoms with Crippen LogP contribution in [0.15, 0.2) is 42.7 Å². The number of nitrogens with one attached hydrogen (secondary N) is 2. The summed E-state index contributed by atoms with van der Waals surface area (Å²) in [5.74, 6) is 9.68. The van der Waals surface area contributed by atoms with E-state index < -0.39 is 9.21 Å². The molecule has 0 aliphatic heterocycles. The maximum absolute atomic E-state index is 13.3. The van der Waals surface area contributed by atoms with Crippen molar-refractivity contribution in [3.05, 3.63) is 48.5 Å². The zero-order chi connectivity index (χ0) is 16.4. The van der Waals surface area contributed by atoms with Gasteiger partial charge in [0, 0.05) is 46.7 Å². The molecule has 2 heterocycles. The van der Waals surface area contributed by atoms with Gasteiger partial charge in [-0.25, -0.2) is 18.6 Å². The molecular formula is C18H20FN3S. The van der Waals surface area contributed by atoms with Crippen molar-refractivity contribution in [2.24, 2.45) is 0 Å². The topological polar surface area (TPSA) is 40.7 Å². The molecule has 3 rings (SSSR count). The Labute approximate surface area is 136 Å². The summed E-state index contributed by atoms with van der Waals surface area (Å²) >= 11 is 0. The van der Waals surface area contributed by atoms with Crippen LogP contribution in [0, 0.1) is 5.82 Å². The second-order valence-corrected chi connectivity index (χ2v) is 9.30. The van der Waals surface area contributed by atoms with Crippen LogP contribution in [0.25, 0.3) is 22.0 Å². The Morgan fingerprint density at radius 1 is 1.26 bits per heavy atom. The molecule has 120 valence electrons. The van der Waals surface area contributed by atoms with E-state index in [2.05, 4.69) is 33.3 Å². The molecular weight excluding hydrogens is 309 g/mol.